The SMILES string of the molecule is CCONC(=O)c1nc(SC)ncc1Cl. The smallest absolute Gasteiger partial charge is 0.274 e. The number of nitrogens with one attached hydrogen (secondary N) is 1. The monoisotopic (exact) mass is 247 g/mol. The van der Waals surface area contributed by atoms with E-state index in [0.717, 1.165) is 0 Å². The van der Waals surface area contributed by atoms with Crippen LogP contribution in [0.25, 0.3) is 0 Å². The van der Waals surface area contributed by atoms with Gasteiger partial charge in [0.15, 0.2) is 10.9 Å². The molecule has 1 aromatic rings. The summed E-state index contributed by atoms with van der Waals surface area (Å²) in [4.78, 5) is 24.1. The lowest BCUT2D eigenvalue weighted by Gasteiger charge is -2.05. The second-order valence-corrected chi connectivity index (χ2v) is 3.60. The standard InChI is InChI=1S/C8H10ClN3O2S/c1-3-14-12-7(13)6-5(9)4-10-8(11-6)15-2/h4H,3H2,1-2H3,(H,12,13). The molecule has 0 aromatic carbocycles. The fourth-order valence-corrected chi connectivity index (χ4v) is 1.31. The summed E-state index contributed by atoms with van der Waals surface area (Å²) in [6.45, 7) is 2.14. The number of thioether (sulfide) groups is 1. The maximum atomic E-state index is 11.5. The van der Waals surface area contributed by atoms with Gasteiger partial charge in [0.25, 0.3) is 5.91 Å². The fourth-order valence-electron chi connectivity index (χ4n) is 0.795. The van der Waals surface area contributed by atoms with Gasteiger partial charge in [-0.3, -0.25) is 9.63 Å². The number of carbonyl (C=O) groups excluding carboxylic acids is 1. The maximum absolute atomic E-state index is 11.5. The van der Waals surface area contributed by atoms with E-state index in [1.54, 1.807) is 6.92 Å². The average Bonchev–Trinajstić information content (AvgIpc) is 2.26. The van der Waals surface area contributed by atoms with E-state index >= 15 is 0 Å². The summed E-state index contributed by atoms with van der Waals surface area (Å²) >= 11 is 7.11. The first kappa shape index (κ1) is 12.2. The van der Waals surface area contributed by atoms with Gasteiger partial charge in [0.05, 0.1) is 17.8 Å². The Kier molecular flexibility index (Phi) is 4.80. The number of halogens is 1. The van der Waals surface area contributed by atoms with Crippen molar-refractivity contribution in [2.45, 2.75) is 12.1 Å². The van der Waals surface area contributed by atoms with Gasteiger partial charge >= 0.3 is 0 Å². The van der Waals surface area contributed by atoms with Crippen molar-refractivity contribution in [3.05, 3.63) is 16.9 Å². The number of hydrogen-bond donors (Lipinski definition) is 1. The molecule has 0 saturated carbocycles. The normalized spacial score (nSPS) is 10.1. The van der Waals surface area contributed by atoms with E-state index in [0.29, 0.717) is 11.8 Å². The van der Waals surface area contributed by atoms with Gasteiger partial charge < -0.3 is 0 Å². The van der Waals surface area contributed by atoms with Crippen molar-refractivity contribution in [2.75, 3.05) is 12.9 Å². The molecule has 1 N–H and O–H groups in total. The van der Waals surface area contributed by atoms with Gasteiger partial charge in [-0.1, -0.05) is 23.4 Å². The third kappa shape index (κ3) is 3.33. The van der Waals surface area contributed by atoms with Crippen molar-refractivity contribution >= 4 is 29.3 Å². The Bertz CT molecular complexity index is 362. The summed E-state index contributed by atoms with van der Waals surface area (Å²) in [5.74, 6) is -0.473. The first-order chi connectivity index (χ1) is 7.19. The molecule has 1 aromatic heterocycles. The van der Waals surface area contributed by atoms with E-state index in [2.05, 4.69) is 15.4 Å². The van der Waals surface area contributed by atoms with Crippen LogP contribution in [0.15, 0.2) is 11.4 Å². The van der Waals surface area contributed by atoms with Gasteiger partial charge in [0.2, 0.25) is 0 Å². The first-order valence-electron chi connectivity index (χ1n) is 4.17. The van der Waals surface area contributed by atoms with E-state index in [9.17, 15) is 4.79 Å². The van der Waals surface area contributed by atoms with Crippen LogP contribution in [-0.4, -0.2) is 28.7 Å². The van der Waals surface area contributed by atoms with Crippen molar-refractivity contribution in [2.24, 2.45) is 0 Å². The first-order valence-corrected chi connectivity index (χ1v) is 5.78. The Labute approximate surface area is 96.5 Å². The Morgan fingerprint density at radius 2 is 2.47 bits per heavy atom. The fraction of sp³-hybridized carbons (Fsp3) is 0.375. The minimum absolute atomic E-state index is 0.115. The number of hydrogen-bond acceptors (Lipinski definition) is 5. The number of amides is 1. The van der Waals surface area contributed by atoms with Crippen LogP contribution in [0.2, 0.25) is 5.02 Å². The summed E-state index contributed by atoms with van der Waals surface area (Å²) in [6, 6.07) is 0. The van der Waals surface area contributed by atoms with Gasteiger partial charge in [-0.15, -0.1) is 0 Å². The van der Waals surface area contributed by atoms with Crippen LogP contribution in [-0.2, 0) is 4.84 Å². The Balaban J connectivity index is 2.86. The third-order valence-electron chi connectivity index (χ3n) is 1.43. The highest BCUT2D eigenvalue weighted by Gasteiger charge is 2.13. The molecule has 1 heterocycles. The zero-order valence-electron chi connectivity index (χ0n) is 8.28. The lowest BCUT2D eigenvalue weighted by molar-refractivity contribution is 0.0359. The molecule has 0 fully saturated rings. The molecular formula is C8H10ClN3O2S. The summed E-state index contributed by atoms with van der Waals surface area (Å²) in [5, 5.41) is 0.686. The average molecular weight is 248 g/mol. The molecule has 0 atom stereocenters. The molecule has 0 radical (unpaired) electrons. The minimum atomic E-state index is -0.473. The van der Waals surface area contributed by atoms with Crippen LogP contribution in [0.1, 0.15) is 17.4 Å². The van der Waals surface area contributed by atoms with Gasteiger partial charge in [0, 0.05) is 0 Å². The molecule has 0 aliphatic rings. The number of rotatable bonds is 4. The molecule has 1 amide bonds. The molecular weight excluding hydrogens is 238 g/mol. The van der Waals surface area contributed by atoms with Crippen LogP contribution in [0.5, 0.6) is 0 Å². The predicted molar refractivity (Wildman–Crippen MR) is 57.9 cm³/mol. The molecule has 0 aliphatic carbocycles. The Hall–Kier alpha value is -0.850. The van der Waals surface area contributed by atoms with Gasteiger partial charge in [0.1, 0.15) is 0 Å². The van der Waals surface area contributed by atoms with Gasteiger partial charge in [-0.25, -0.2) is 15.4 Å². The van der Waals surface area contributed by atoms with E-state index in [4.69, 9.17) is 16.4 Å². The second kappa shape index (κ2) is 5.89. The summed E-state index contributed by atoms with van der Waals surface area (Å²) in [5.41, 5.74) is 2.33. The predicted octanol–water partition coefficient (Wildman–Crippen LogP) is 1.53. The zero-order valence-corrected chi connectivity index (χ0v) is 9.85. The largest absolute Gasteiger partial charge is 0.295 e. The van der Waals surface area contributed by atoms with Crippen molar-refractivity contribution in [3.63, 3.8) is 0 Å². The molecule has 0 bridgehead atoms. The van der Waals surface area contributed by atoms with E-state index in [1.165, 1.54) is 18.0 Å². The van der Waals surface area contributed by atoms with Crippen LogP contribution >= 0.6 is 23.4 Å². The van der Waals surface area contributed by atoms with Crippen molar-refractivity contribution in [1.29, 1.82) is 0 Å². The molecule has 0 unspecified atom stereocenters. The van der Waals surface area contributed by atoms with E-state index in [-0.39, 0.29) is 10.7 Å². The highest BCUT2D eigenvalue weighted by Crippen LogP contribution is 2.16. The van der Waals surface area contributed by atoms with E-state index < -0.39 is 5.91 Å². The third-order valence-corrected chi connectivity index (χ3v) is 2.27. The van der Waals surface area contributed by atoms with Crippen LogP contribution in [0, 0.1) is 0 Å². The number of carbonyl (C=O) groups is 1. The number of hydroxylamine groups is 1. The van der Waals surface area contributed by atoms with Crippen molar-refractivity contribution in [1.82, 2.24) is 15.4 Å². The Morgan fingerprint density at radius 1 is 1.73 bits per heavy atom. The highest BCUT2D eigenvalue weighted by atomic mass is 35.5. The lowest BCUT2D eigenvalue weighted by atomic mass is 10.4. The number of nitrogens with zero attached hydrogens (tertiary/aromatic N) is 2. The zero-order chi connectivity index (χ0) is 11.3. The van der Waals surface area contributed by atoms with Crippen LogP contribution < -0.4 is 5.48 Å². The summed E-state index contributed by atoms with van der Waals surface area (Å²) in [6.07, 6.45) is 3.20. The maximum Gasteiger partial charge on any atom is 0.295 e. The quantitative estimate of drug-likeness (QED) is 0.497. The molecule has 0 spiro atoms. The topological polar surface area (TPSA) is 64.1 Å². The highest BCUT2D eigenvalue weighted by molar-refractivity contribution is 7.98. The van der Waals surface area contributed by atoms with E-state index in [1.807, 2.05) is 6.26 Å². The molecule has 15 heavy (non-hydrogen) atoms. The minimum Gasteiger partial charge on any atom is -0.274 e. The lowest BCUT2D eigenvalue weighted by Crippen LogP contribution is -2.25. The van der Waals surface area contributed by atoms with Gasteiger partial charge in [-0.2, -0.15) is 0 Å². The molecule has 1 rings (SSSR count). The van der Waals surface area contributed by atoms with Crippen molar-refractivity contribution < 1.29 is 9.63 Å². The van der Waals surface area contributed by atoms with Crippen LogP contribution in [0.3, 0.4) is 0 Å². The van der Waals surface area contributed by atoms with Gasteiger partial charge in [-0.05, 0) is 13.2 Å². The number of aromatic nitrogens is 2. The summed E-state index contributed by atoms with van der Waals surface area (Å²) in [7, 11) is 0. The van der Waals surface area contributed by atoms with Crippen LogP contribution in [0.4, 0.5) is 0 Å². The molecule has 0 saturated heterocycles. The second-order valence-electron chi connectivity index (χ2n) is 2.42. The molecule has 5 nitrogen and oxygen atoms in total. The summed E-state index contributed by atoms with van der Waals surface area (Å²) < 4.78 is 0. The Morgan fingerprint density at radius 3 is 3.07 bits per heavy atom. The molecule has 7 heteroatoms. The molecule has 82 valence electrons. The molecule has 0 aliphatic heterocycles. The van der Waals surface area contributed by atoms with Crippen molar-refractivity contribution in [3.8, 4) is 0 Å².